The maximum Gasteiger partial charge on any atom is 0.209 e. The van der Waals surface area contributed by atoms with Crippen LogP contribution in [0.2, 0.25) is 5.02 Å². The van der Waals surface area contributed by atoms with Crippen molar-refractivity contribution in [2.24, 2.45) is 0 Å². The molecule has 1 atom stereocenters. The van der Waals surface area contributed by atoms with Crippen LogP contribution in [0.25, 0.3) is 11.3 Å². The largest absolute Gasteiger partial charge is 0.439 e. The number of nitrogens with one attached hydrogen (secondary N) is 1. The summed E-state index contributed by atoms with van der Waals surface area (Å²) in [6.45, 7) is 8.04. The lowest BCUT2D eigenvalue weighted by Gasteiger charge is -2.32. The van der Waals surface area contributed by atoms with Gasteiger partial charge in [-0.25, -0.2) is 4.98 Å². The van der Waals surface area contributed by atoms with E-state index in [0.29, 0.717) is 6.04 Å². The molecule has 21 heavy (non-hydrogen) atoms. The zero-order valence-corrected chi connectivity index (χ0v) is 13.2. The first kappa shape index (κ1) is 14.6. The molecular formula is C16H20ClN3O. The molecule has 0 radical (unpaired) electrons. The van der Waals surface area contributed by atoms with Crippen molar-refractivity contribution < 1.29 is 4.42 Å². The van der Waals surface area contributed by atoms with Crippen LogP contribution in [0.5, 0.6) is 0 Å². The van der Waals surface area contributed by atoms with Gasteiger partial charge in [-0.3, -0.25) is 4.90 Å². The lowest BCUT2D eigenvalue weighted by Crippen LogP contribution is -2.49. The second-order valence-corrected chi connectivity index (χ2v) is 5.99. The predicted octanol–water partition coefficient (Wildman–Crippen LogP) is 3.10. The number of oxazole rings is 1. The van der Waals surface area contributed by atoms with E-state index in [1.807, 2.05) is 31.2 Å². The molecule has 3 rings (SSSR count). The average Bonchev–Trinajstić information content (AvgIpc) is 2.83. The van der Waals surface area contributed by atoms with E-state index in [1.54, 1.807) is 0 Å². The van der Waals surface area contributed by atoms with E-state index < -0.39 is 0 Å². The molecule has 5 heteroatoms. The third-order valence-corrected chi connectivity index (χ3v) is 4.18. The summed E-state index contributed by atoms with van der Waals surface area (Å²) in [5.74, 6) is 1.62. The SMILES string of the molecule is Cc1nc(CN2CCNC[C@@H]2C)oc1-c1ccc(Cl)cc1. The van der Waals surface area contributed by atoms with Crippen molar-refractivity contribution in [2.45, 2.75) is 26.4 Å². The predicted molar refractivity (Wildman–Crippen MR) is 84.4 cm³/mol. The first-order chi connectivity index (χ1) is 10.1. The zero-order valence-electron chi connectivity index (χ0n) is 12.4. The Kier molecular flexibility index (Phi) is 4.29. The van der Waals surface area contributed by atoms with E-state index in [0.717, 1.165) is 54.1 Å². The number of nitrogens with zero attached hydrogens (tertiary/aromatic N) is 2. The van der Waals surface area contributed by atoms with Crippen molar-refractivity contribution in [2.75, 3.05) is 19.6 Å². The van der Waals surface area contributed by atoms with Gasteiger partial charge in [0, 0.05) is 36.3 Å². The minimum absolute atomic E-state index is 0.505. The van der Waals surface area contributed by atoms with Gasteiger partial charge < -0.3 is 9.73 Å². The van der Waals surface area contributed by atoms with Gasteiger partial charge in [0.05, 0.1) is 12.2 Å². The molecule has 0 saturated carbocycles. The Balaban J connectivity index is 1.79. The van der Waals surface area contributed by atoms with Gasteiger partial charge >= 0.3 is 0 Å². The van der Waals surface area contributed by atoms with Gasteiger partial charge in [0.25, 0.3) is 0 Å². The molecule has 0 amide bonds. The van der Waals surface area contributed by atoms with Crippen LogP contribution in [0.3, 0.4) is 0 Å². The van der Waals surface area contributed by atoms with E-state index in [9.17, 15) is 0 Å². The van der Waals surface area contributed by atoms with Gasteiger partial charge in [-0.1, -0.05) is 11.6 Å². The van der Waals surface area contributed by atoms with Crippen molar-refractivity contribution in [3.05, 3.63) is 40.9 Å². The van der Waals surface area contributed by atoms with Crippen LogP contribution in [0.1, 0.15) is 18.5 Å². The van der Waals surface area contributed by atoms with Crippen LogP contribution in [0.4, 0.5) is 0 Å². The maximum absolute atomic E-state index is 5.98. The van der Waals surface area contributed by atoms with E-state index in [-0.39, 0.29) is 0 Å². The van der Waals surface area contributed by atoms with E-state index >= 15 is 0 Å². The summed E-state index contributed by atoms with van der Waals surface area (Å²) >= 11 is 5.93. The first-order valence-electron chi connectivity index (χ1n) is 7.30. The fourth-order valence-electron chi connectivity index (χ4n) is 2.68. The molecule has 4 nitrogen and oxygen atoms in total. The van der Waals surface area contributed by atoms with Crippen LogP contribution < -0.4 is 5.32 Å². The number of benzene rings is 1. The highest BCUT2D eigenvalue weighted by Gasteiger charge is 2.21. The molecule has 1 aliphatic heterocycles. The van der Waals surface area contributed by atoms with Crippen LogP contribution in [0.15, 0.2) is 28.7 Å². The fourth-order valence-corrected chi connectivity index (χ4v) is 2.81. The molecule has 0 bridgehead atoms. The number of halogens is 1. The molecule has 1 aliphatic rings. The van der Waals surface area contributed by atoms with Crippen LogP contribution in [-0.4, -0.2) is 35.6 Å². The quantitative estimate of drug-likeness (QED) is 0.946. The first-order valence-corrected chi connectivity index (χ1v) is 7.68. The van der Waals surface area contributed by atoms with Gasteiger partial charge in [-0.2, -0.15) is 0 Å². The Morgan fingerprint density at radius 3 is 2.86 bits per heavy atom. The van der Waals surface area contributed by atoms with Crippen LogP contribution in [-0.2, 0) is 6.54 Å². The molecule has 0 unspecified atom stereocenters. The number of rotatable bonds is 3. The molecular weight excluding hydrogens is 286 g/mol. The Hall–Kier alpha value is -1.36. The van der Waals surface area contributed by atoms with Crippen molar-refractivity contribution in [3.8, 4) is 11.3 Å². The molecule has 1 N–H and O–H groups in total. The maximum atomic E-state index is 5.98. The summed E-state index contributed by atoms with van der Waals surface area (Å²) < 4.78 is 5.98. The van der Waals surface area contributed by atoms with Crippen molar-refractivity contribution in [3.63, 3.8) is 0 Å². The minimum atomic E-state index is 0.505. The van der Waals surface area contributed by atoms with Gasteiger partial charge in [0.15, 0.2) is 5.76 Å². The van der Waals surface area contributed by atoms with Crippen molar-refractivity contribution in [1.82, 2.24) is 15.2 Å². The summed E-state index contributed by atoms with van der Waals surface area (Å²) in [6.07, 6.45) is 0. The monoisotopic (exact) mass is 305 g/mol. The molecule has 1 saturated heterocycles. The lowest BCUT2D eigenvalue weighted by atomic mass is 10.1. The fraction of sp³-hybridized carbons (Fsp3) is 0.438. The number of aryl methyl sites for hydroxylation is 1. The Labute approximate surface area is 130 Å². The molecule has 0 spiro atoms. The second kappa shape index (κ2) is 6.18. The minimum Gasteiger partial charge on any atom is -0.439 e. The average molecular weight is 306 g/mol. The molecule has 2 heterocycles. The molecule has 1 aromatic heterocycles. The van der Waals surface area contributed by atoms with E-state index in [4.69, 9.17) is 16.0 Å². The number of aromatic nitrogens is 1. The summed E-state index contributed by atoms with van der Waals surface area (Å²) in [4.78, 5) is 6.97. The molecule has 0 aliphatic carbocycles. The summed E-state index contributed by atoms with van der Waals surface area (Å²) in [5.41, 5.74) is 1.94. The summed E-state index contributed by atoms with van der Waals surface area (Å²) in [5, 5.41) is 4.12. The van der Waals surface area contributed by atoms with E-state index in [1.165, 1.54) is 0 Å². The van der Waals surface area contributed by atoms with Crippen molar-refractivity contribution in [1.29, 1.82) is 0 Å². The third kappa shape index (κ3) is 3.28. The summed E-state index contributed by atoms with van der Waals surface area (Å²) in [6, 6.07) is 8.18. The Morgan fingerprint density at radius 1 is 1.38 bits per heavy atom. The highest BCUT2D eigenvalue weighted by molar-refractivity contribution is 6.30. The second-order valence-electron chi connectivity index (χ2n) is 5.55. The smallest absolute Gasteiger partial charge is 0.209 e. The number of piperazine rings is 1. The third-order valence-electron chi connectivity index (χ3n) is 3.92. The molecule has 1 aromatic carbocycles. The standard InChI is InChI=1S/C16H20ClN3O/c1-11-9-18-7-8-20(11)10-15-19-12(2)16(21-15)13-3-5-14(17)6-4-13/h3-6,11,18H,7-10H2,1-2H3/t11-/m0/s1. The van der Waals surface area contributed by atoms with E-state index in [2.05, 4.69) is 22.1 Å². The van der Waals surface area contributed by atoms with Gasteiger partial charge in [-0.05, 0) is 38.1 Å². The van der Waals surface area contributed by atoms with Crippen LogP contribution in [0, 0.1) is 6.92 Å². The normalized spacial score (nSPS) is 19.9. The highest BCUT2D eigenvalue weighted by Crippen LogP contribution is 2.26. The Morgan fingerprint density at radius 2 is 2.14 bits per heavy atom. The number of hydrogen-bond donors (Lipinski definition) is 1. The highest BCUT2D eigenvalue weighted by atomic mass is 35.5. The summed E-state index contributed by atoms with van der Waals surface area (Å²) in [7, 11) is 0. The number of hydrogen-bond acceptors (Lipinski definition) is 4. The van der Waals surface area contributed by atoms with Gasteiger partial charge in [0.2, 0.25) is 5.89 Å². The molecule has 112 valence electrons. The zero-order chi connectivity index (χ0) is 14.8. The molecule has 1 fully saturated rings. The van der Waals surface area contributed by atoms with Gasteiger partial charge in [0.1, 0.15) is 0 Å². The lowest BCUT2D eigenvalue weighted by molar-refractivity contribution is 0.151. The van der Waals surface area contributed by atoms with Crippen LogP contribution >= 0.6 is 11.6 Å². The Bertz CT molecular complexity index is 608. The van der Waals surface area contributed by atoms with Crippen molar-refractivity contribution >= 4 is 11.6 Å². The molecule has 2 aromatic rings. The topological polar surface area (TPSA) is 41.3 Å². The van der Waals surface area contributed by atoms with Gasteiger partial charge in [-0.15, -0.1) is 0 Å².